The minimum atomic E-state index is -0.638. The van der Waals surface area contributed by atoms with Crippen molar-refractivity contribution in [3.8, 4) is 12.3 Å². The summed E-state index contributed by atoms with van der Waals surface area (Å²) >= 11 is 1.04. The van der Waals surface area contributed by atoms with Gasteiger partial charge in [-0.15, -0.1) is 11.5 Å². The first-order valence-corrected chi connectivity index (χ1v) is 4.40. The van der Waals surface area contributed by atoms with Crippen LogP contribution in [0.15, 0.2) is 6.20 Å². The zero-order valence-electron chi connectivity index (χ0n) is 7.37. The van der Waals surface area contributed by atoms with Crippen LogP contribution in [0.5, 0.6) is 0 Å². The number of rotatable bonds is 2. The largest absolute Gasteiger partial charge is 0.335 e. The van der Waals surface area contributed by atoms with Gasteiger partial charge in [0.25, 0.3) is 5.91 Å². The van der Waals surface area contributed by atoms with E-state index in [1.807, 2.05) is 0 Å². The van der Waals surface area contributed by atoms with Gasteiger partial charge in [0.2, 0.25) is 0 Å². The van der Waals surface area contributed by atoms with Crippen LogP contribution in [0.2, 0.25) is 0 Å². The number of carbonyl (C=O) groups is 1. The van der Waals surface area contributed by atoms with Crippen molar-refractivity contribution >= 4 is 17.4 Å². The zero-order chi connectivity index (χ0) is 9.90. The highest BCUT2D eigenvalue weighted by molar-refractivity contribution is 7.07. The molecule has 1 rings (SSSR count). The molecule has 4 nitrogen and oxygen atoms in total. The molecule has 0 aliphatic carbocycles. The smallest absolute Gasteiger partial charge is 0.265 e. The maximum Gasteiger partial charge on any atom is 0.265 e. The molecule has 1 heterocycles. The predicted molar refractivity (Wildman–Crippen MR) is 50.3 cm³/mol. The fraction of sp³-hybridized carbons (Fsp3) is 0.375. The van der Waals surface area contributed by atoms with Crippen molar-refractivity contribution in [2.45, 2.75) is 19.4 Å². The van der Waals surface area contributed by atoms with E-state index in [-0.39, 0.29) is 5.91 Å². The zero-order valence-corrected chi connectivity index (χ0v) is 8.18. The lowest BCUT2D eigenvalue weighted by Gasteiger charge is -2.18. The van der Waals surface area contributed by atoms with Gasteiger partial charge in [-0.25, -0.2) is 0 Å². The van der Waals surface area contributed by atoms with E-state index in [0.717, 1.165) is 11.5 Å². The Kier molecular flexibility index (Phi) is 2.63. The first-order chi connectivity index (χ1) is 6.05. The third-order valence-corrected chi connectivity index (χ3v) is 2.04. The number of hydrogen-bond acceptors (Lipinski definition) is 4. The summed E-state index contributed by atoms with van der Waals surface area (Å²) in [4.78, 5) is 11.9. The Morgan fingerprint density at radius 1 is 1.77 bits per heavy atom. The van der Waals surface area contributed by atoms with Crippen LogP contribution >= 0.6 is 11.5 Å². The fourth-order valence-electron chi connectivity index (χ4n) is 0.649. The van der Waals surface area contributed by atoms with E-state index >= 15 is 0 Å². The normalized spacial score (nSPS) is 10.5. The van der Waals surface area contributed by atoms with Gasteiger partial charge in [0, 0.05) is 0 Å². The van der Waals surface area contributed by atoms with Crippen LogP contribution in [0.25, 0.3) is 0 Å². The van der Waals surface area contributed by atoms with Crippen LogP contribution in [0.4, 0.5) is 0 Å². The molecule has 5 heteroatoms. The lowest BCUT2D eigenvalue weighted by Crippen LogP contribution is -2.41. The highest BCUT2D eigenvalue weighted by atomic mass is 32.1. The van der Waals surface area contributed by atoms with Crippen LogP contribution in [-0.4, -0.2) is 21.0 Å². The summed E-state index contributed by atoms with van der Waals surface area (Å²) in [7, 11) is 0. The van der Waals surface area contributed by atoms with Crippen LogP contribution in [0.3, 0.4) is 0 Å². The van der Waals surface area contributed by atoms with Gasteiger partial charge < -0.3 is 5.32 Å². The van der Waals surface area contributed by atoms with Crippen LogP contribution in [0, 0.1) is 12.3 Å². The topological polar surface area (TPSA) is 54.9 Å². The van der Waals surface area contributed by atoms with Crippen molar-refractivity contribution in [3.05, 3.63) is 11.1 Å². The average Bonchev–Trinajstić information content (AvgIpc) is 2.55. The van der Waals surface area contributed by atoms with E-state index in [1.165, 1.54) is 6.20 Å². The molecule has 0 aromatic carbocycles. The summed E-state index contributed by atoms with van der Waals surface area (Å²) in [5.41, 5.74) is -0.638. The number of carbonyl (C=O) groups excluding carboxylic acids is 1. The van der Waals surface area contributed by atoms with E-state index in [2.05, 4.69) is 20.8 Å². The molecule has 1 aromatic heterocycles. The van der Waals surface area contributed by atoms with Gasteiger partial charge in [0.05, 0.1) is 11.7 Å². The second-order valence-electron chi connectivity index (χ2n) is 3.01. The number of aromatic nitrogens is 2. The number of nitrogens with one attached hydrogen (secondary N) is 1. The summed E-state index contributed by atoms with van der Waals surface area (Å²) in [5.74, 6) is 2.23. The maximum atomic E-state index is 11.4. The molecule has 1 aromatic rings. The molecule has 0 saturated heterocycles. The monoisotopic (exact) mass is 195 g/mol. The Hall–Kier alpha value is -1.41. The molecular formula is C8H9N3OS. The Morgan fingerprint density at radius 3 is 2.92 bits per heavy atom. The Bertz CT molecular complexity index is 337. The van der Waals surface area contributed by atoms with E-state index < -0.39 is 5.54 Å². The van der Waals surface area contributed by atoms with Crippen molar-refractivity contribution in [1.29, 1.82) is 0 Å². The molecule has 1 N–H and O–H groups in total. The Morgan fingerprint density at radius 2 is 2.46 bits per heavy atom. The Labute approximate surface area is 80.5 Å². The van der Waals surface area contributed by atoms with Crippen molar-refractivity contribution in [2.24, 2.45) is 0 Å². The predicted octanol–water partition coefficient (Wildman–Crippen LogP) is 0.680. The van der Waals surface area contributed by atoms with Gasteiger partial charge in [-0.1, -0.05) is 10.4 Å². The van der Waals surface area contributed by atoms with Crippen molar-refractivity contribution in [2.75, 3.05) is 0 Å². The molecule has 0 unspecified atom stereocenters. The van der Waals surface area contributed by atoms with E-state index in [1.54, 1.807) is 13.8 Å². The standard InChI is InChI=1S/C8H9N3OS/c1-4-8(2,3)10-7(12)6-5-9-11-13-6/h1,5H,2-3H3,(H,10,12). The summed E-state index contributed by atoms with van der Waals surface area (Å²) in [6, 6.07) is 0. The molecule has 0 aliphatic rings. The lowest BCUT2D eigenvalue weighted by atomic mass is 10.1. The molecule has 0 fully saturated rings. The molecule has 0 saturated carbocycles. The molecule has 0 atom stereocenters. The first kappa shape index (κ1) is 9.68. The van der Waals surface area contributed by atoms with Gasteiger partial charge >= 0.3 is 0 Å². The minimum Gasteiger partial charge on any atom is -0.335 e. The highest BCUT2D eigenvalue weighted by Crippen LogP contribution is 2.05. The van der Waals surface area contributed by atoms with Crippen molar-refractivity contribution in [3.63, 3.8) is 0 Å². The van der Waals surface area contributed by atoms with Crippen LogP contribution < -0.4 is 5.32 Å². The summed E-state index contributed by atoms with van der Waals surface area (Å²) in [5, 5.41) is 6.22. The summed E-state index contributed by atoms with van der Waals surface area (Å²) < 4.78 is 3.58. The summed E-state index contributed by atoms with van der Waals surface area (Å²) in [6.45, 7) is 3.50. The van der Waals surface area contributed by atoms with Gasteiger partial charge in [-0.2, -0.15) is 0 Å². The van der Waals surface area contributed by atoms with E-state index in [9.17, 15) is 4.79 Å². The average molecular weight is 195 g/mol. The first-order valence-electron chi connectivity index (χ1n) is 3.63. The van der Waals surface area contributed by atoms with Gasteiger partial charge in [-0.05, 0) is 25.4 Å². The molecule has 0 radical (unpaired) electrons. The third kappa shape index (κ3) is 2.53. The van der Waals surface area contributed by atoms with E-state index in [4.69, 9.17) is 6.42 Å². The quantitative estimate of drug-likeness (QED) is 0.706. The number of nitrogens with zero attached hydrogens (tertiary/aromatic N) is 2. The number of hydrogen-bond donors (Lipinski definition) is 1. The maximum absolute atomic E-state index is 11.4. The molecule has 0 bridgehead atoms. The molecular weight excluding hydrogens is 186 g/mol. The third-order valence-electron chi connectivity index (χ3n) is 1.37. The molecule has 0 spiro atoms. The van der Waals surface area contributed by atoms with Gasteiger partial charge in [0.1, 0.15) is 4.88 Å². The summed E-state index contributed by atoms with van der Waals surface area (Å²) in [6.07, 6.45) is 6.62. The molecule has 13 heavy (non-hydrogen) atoms. The Balaban J connectivity index is 2.68. The van der Waals surface area contributed by atoms with E-state index in [0.29, 0.717) is 4.88 Å². The highest BCUT2D eigenvalue weighted by Gasteiger charge is 2.18. The number of terminal acetylenes is 1. The molecule has 0 aliphatic heterocycles. The van der Waals surface area contributed by atoms with Gasteiger partial charge in [0.15, 0.2) is 0 Å². The second kappa shape index (κ2) is 3.54. The van der Waals surface area contributed by atoms with Crippen molar-refractivity contribution < 1.29 is 4.79 Å². The van der Waals surface area contributed by atoms with Gasteiger partial charge in [-0.3, -0.25) is 4.79 Å². The SMILES string of the molecule is C#CC(C)(C)NC(=O)c1cnns1. The van der Waals surface area contributed by atoms with Crippen LogP contribution in [-0.2, 0) is 0 Å². The molecule has 1 amide bonds. The van der Waals surface area contributed by atoms with Crippen molar-refractivity contribution in [1.82, 2.24) is 14.9 Å². The number of amides is 1. The molecule has 68 valence electrons. The van der Waals surface area contributed by atoms with Crippen LogP contribution in [0.1, 0.15) is 23.5 Å². The lowest BCUT2D eigenvalue weighted by molar-refractivity contribution is 0.0934. The fourth-order valence-corrected chi connectivity index (χ4v) is 1.06. The minimum absolute atomic E-state index is 0.238. The second-order valence-corrected chi connectivity index (χ2v) is 3.79.